The number of urea groups is 1. The fourth-order valence-corrected chi connectivity index (χ4v) is 2.81. The van der Waals surface area contributed by atoms with Crippen LogP contribution in [-0.4, -0.2) is 50.1 Å². The predicted molar refractivity (Wildman–Crippen MR) is 95.0 cm³/mol. The molecule has 0 aliphatic heterocycles. The summed E-state index contributed by atoms with van der Waals surface area (Å²) in [6.07, 6.45) is 4.51. The first kappa shape index (κ1) is 18.3. The number of rotatable bonds is 7. The lowest BCUT2D eigenvalue weighted by molar-refractivity contribution is 0.0951. The standard InChI is InChI=1S/C18H28N4O2/c1-22(2)11-10-19-17(23)15-7-5-6-14(12-15)13-20-18(24)21-16-8-3-4-9-16/h5-7,12,16H,3-4,8-11,13H2,1-2H3,(H,19,23)(H2,20,21,24). The van der Waals surface area contributed by atoms with Crippen LogP contribution in [-0.2, 0) is 6.54 Å². The molecule has 1 aromatic carbocycles. The van der Waals surface area contributed by atoms with Gasteiger partial charge in [-0.05, 0) is 44.6 Å². The van der Waals surface area contributed by atoms with Gasteiger partial charge in [-0.2, -0.15) is 0 Å². The van der Waals surface area contributed by atoms with Crippen LogP contribution in [0.25, 0.3) is 0 Å². The molecule has 3 N–H and O–H groups in total. The average Bonchev–Trinajstić information content (AvgIpc) is 3.05. The van der Waals surface area contributed by atoms with E-state index >= 15 is 0 Å². The van der Waals surface area contributed by atoms with Crippen molar-refractivity contribution < 1.29 is 9.59 Å². The minimum absolute atomic E-state index is 0.0888. The van der Waals surface area contributed by atoms with Crippen molar-refractivity contribution in [3.05, 3.63) is 35.4 Å². The molecule has 0 bridgehead atoms. The van der Waals surface area contributed by atoms with Crippen LogP contribution in [0.3, 0.4) is 0 Å². The molecular formula is C18H28N4O2. The Bertz CT molecular complexity index is 554. The van der Waals surface area contributed by atoms with Crippen molar-refractivity contribution in [2.24, 2.45) is 0 Å². The van der Waals surface area contributed by atoms with E-state index in [-0.39, 0.29) is 11.9 Å². The highest BCUT2D eigenvalue weighted by Gasteiger charge is 2.16. The summed E-state index contributed by atoms with van der Waals surface area (Å²) in [4.78, 5) is 26.0. The van der Waals surface area contributed by atoms with E-state index in [0.717, 1.165) is 24.9 Å². The third kappa shape index (κ3) is 6.20. The fourth-order valence-electron chi connectivity index (χ4n) is 2.81. The van der Waals surface area contributed by atoms with Crippen molar-refractivity contribution in [3.63, 3.8) is 0 Å². The Morgan fingerprint density at radius 2 is 1.92 bits per heavy atom. The Morgan fingerprint density at radius 1 is 1.17 bits per heavy atom. The third-order valence-electron chi connectivity index (χ3n) is 4.18. The van der Waals surface area contributed by atoms with E-state index in [4.69, 9.17) is 0 Å². The summed E-state index contributed by atoms with van der Waals surface area (Å²) < 4.78 is 0. The van der Waals surface area contributed by atoms with E-state index in [1.54, 1.807) is 6.07 Å². The van der Waals surface area contributed by atoms with E-state index in [1.165, 1.54) is 12.8 Å². The lowest BCUT2D eigenvalue weighted by Gasteiger charge is -2.13. The quantitative estimate of drug-likeness (QED) is 0.712. The van der Waals surface area contributed by atoms with Crippen molar-refractivity contribution in [3.8, 4) is 0 Å². The average molecular weight is 332 g/mol. The summed E-state index contributed by atoms with van der Waals surface area (Å²) in [5.41, 5.74) is 1.53. The van der Waals surface area contributed by atoms with Gasteiger partial charge in [-0.1, -0.05) is 25.0 Å². The zero-order valence-electron chi connectivity index (χ0n) is 14.6. The molecule has 3 amide bonds. The van der Waals surface area contributed by atoms with Crippen LogP contribution in [0.5, 0.6) is 0 Å². The third-order valence-corrected chi connectivity index (χ3v) is 4.18. The van der Waals surface area contributed by atoms with Crippen LogP contribution in [0.15, 0.2) is 24.3 Å². The van der Waals surface area contributed by atoms with E-state index in [0.29, 0.717) is 24.7 Å². The van der Waals surface area contributed by atoms with Crippen molar-refractivity contribution in [2.75, 3.05) is 27.2 Å². The molecule has 132 valence electrons. The van der Waals surface area contributed by atoms with Crippen molar-refractivity contribution in [1.29, 1.82) is 0 Å². The van der Waals surface area contributed by atoms with Gasteiger partial charge in [-0.15, -0.1) is 0 Å². The first-order chi connectivity index (χ1) is 11.5. The van der Waals surface area contributed by atoms with Gasteiger partial charge in [0.2, 0.25) is 0 Å². The van der Waals surface area contributed by atoms with Gasteiger partial charge in [-0.3, -0.25) is 4.79 Å². The minimum atomic E-state index is -0.136. The van der Waals surface area contributed by atoms with Crippen LogP contribution in [0.4, 0.5) is 4.79 Å². The molecule has 0 heterocycles. The highest BCUT2D eigenvalue weighted by molar-refractivity contribution is 5.94. The topological polar surface area (TPSA) is 73.5 Å². The first-order valence-corrected chi connectivity index (χ1v) is 8.61. The molecule has 6 heteroatoms. The molecule has 0 aromatic heterocycles. The Labute approximate surface area is 144 Å². The lowest BCUT2D eigenvalue weighted by Crippen LogP contribution is -2.40. The second-order valence-electron chi connectivity index (χ2n) is 6.57. The summed E-state index contributed by atoms with van der Waals surface area (Å²) in [5.74, 6) is -0.0888. The molecule has 1 fully saturated rings. The molecule has 6 nitrogen and oxygen atoms in total. The molecule has 0 radical (unpaired) electrons. The Morgan fingerprint density at radius 3 is 2.62 bits per heavy atom. The number of carbonyl (C=O) groups excluding carboxylic acids is 2. The number of nitrogens with zero attached hydrogens (tertiary/aromatic N) is 1. The van der Waals surface area contributed by atoms with Gasteiger partial charge in [0, 0.05) is 31.2 Å². The van der Waals surface area contributed by atoms with Gasteiger partial charge in [0.25, 0.3) is 5.91 Å². The van der Waals surface area contributed by atoms with Gasteiger partial charge in [0.15, 0.2) is 0 Å². The molecule has 2 rings (SSSR count). The van der Waals surface area contributed by atoms with E-state index in [1.807, 2.05) is 37.2 Å². The first-order valence-electron chi connectivity index (χ1n) is 8.61. The molecule has 1 saturated carbocycles. The summed E-state index contributed by atoms with van der Waals surface area (Å²) in [5, 5.41) is 8.74. The van der Waals surface area contributed by atoms with Crippen LogP contribution in [0.1, 0.15) is 41.6 Å². The smallest absolute Gasteiger partial charge is 0.315 e. The Kier molecular flexibility index (Phi) is 7.06. The number of benzene rings is 1. The van der Waals surface area contributed by atoms with Crippen molar-refractivity contribution in [2.45, 2.75) is 38.3 Å². The molecule has 0 saturated heterocycles. The SMILES string of the molecule is CN(C)CCNC(=O)c1cccc(CNC(=O)NC2CCCC2)c1. The Balaban J connectivity index is 1.78. The van der Waals surface area contributed by atoms with E-state index in [2.05, 4.69) is 16.0 Å². The normalized spacial score (nSPS) is 14.6. The van der Waals surface area contributed by atoms with Crippen molar-refractivity contribution in [1.82, 2.24) is 20.9 Å². The lowest BCUT2D eigenvalue weighted by atomic mass is 10.1. The summed E-state index contributed by atoms with van der Waals surface area (Å²) in [6.45, 7) is 1.82. The van der Waals surface area contributed by atoms with Crippen LogP contribution < -0.4 is 16.0 Å². The van der Waals surface area contributed by atoms with Gasteiger partial charge in [0.1, 0.15) is 0 Å². The largest absolute Gasteiger partial charge is 0.351 e. The molecule has 1 aromatic rings. The number of carbonyl (C=O) groups is 2. The summed E-state index contributed by atoms with van der Waals surface area (Å²) in [6, 6.07) is 7.52. The zero-order chi connectivity index (χ0) is 17.4. The maximum Gasteiger partial charge on any atom is 0.315 e. The number of amides is 3. The molecule has 1 aliphatic rings. The van der Waals surface area contributed by atoms with Crippen molar-refractivity contribution >= 4 is 11.9 Å². The highest BCUT2D eigenvalue weighted by atomic mass is 16.2. The number of nitrogens with one attached hydrogen (secondary N) is 3. The second kappa shape index (κ2) is 9.27. The molecule has 0 unspecified atom stereocenters. The minimum Gasteiger partial charge on any atom is -0.351 e. The van der Waals surface area contributed by atoms with E-state index < -0.39 is 0 Å². The number of hydrogen-bond donors (Lipinski definition) is 3. The number of likely N-dealkylation sites (N-methyl/N-ethyl adjacent to an activating group) is 1. The molecule has 0 atom stereocenters. The summed E-state index contributed by atoms with van der Waals surface area (Å²) in [7, 11) is 3.93. The van der Waals surface area contributed by atoms with Gasteiger partial charge in [-0.25, -0.2) is 4.79 Å². The van der Waals surface area contributed by atoms with Crippen LogP contribution in [0, 0.1) is 0 Å². The molecule has 0 spiro atoms. The van der Waals surface area contributed by atoms with Gasteiger partial charge in [0.05, 0.1) is 0 Å². The fraction of sp³-hybridized carbons (Fsp3) is 0.556. The molecular weight excluding hydrogens is 304 g/mol. The second-order valence-corrected chi connectivity index (χ2v) is 6.57. The summed E-state index contributed by atoms with van der Waals surface area (Å²) >= 11 is 0. The number of hydrogen-bond acceptors (Lipinski definition) is 3. The van der Waals surface area contributed by atoms with E-state index in [9.17, 15) is 9.59 Å². The van der Waals surface area contributed by atoms with Crippen LogP contribution >= 0.6 is 0 Å². The maximum absolute atomic E-state index is 12.1. The molecule has 24 heavy (non-hydrogen) atoms. The molecule has 1 aliphatic carbocycles. The van der Waals surface area contributed by atoms with Gasteiger partial charge < -0.3 is 20.9 Å². The maximum atomic E-state index is 12.1. The Hall–Kier alpha value is -2.08. The van der Waals surface area contributed by atoms with Gasteiger partial charge >= 0.3 is 6.03 Å². The highest BCUT2D eigenvalue weighted by Crippen LogP contribution is 2.17. The zero-order valence-corrected chi connectivity index (χ0v) is 14.6. The predicted octanol–water partition coefficient (Wildman–Crippen LogP) is 1.72. The monoisotopic (exact) mass is 332 g/mol. The van der Waals surface area contributed by atoms with Crippen LogP contribution in [0.2, 0.25) is 0 Å².